The highest BCUT2D eigenvalue weighted by molar-refractivity contribution is 6.83. The summed E-state index contributed by atoms with van der Waals surface area (Å²) in [7, 11) is -0.440. The van der Waals surface area contributed by atoms with Gasteiger partial charge in [0.05, 0.1) is 19.1 Å². The Morgan fingerprint density at radius 1 is 1.19 bits per heavy atom. The molecule has 0 aliphatic heterocycles. The standard InChI is InChI=1S/C20H21FO4Si/c1-13(22)25-20-17(8-9-26(3,4)5)15(11-19(23)24-2)10-14-6-7-16(21)12-18(14)20/h6-7,10,12H,11H2,1-5H3. The zero-order valence-corrected chi connectivity index (χ0v) is 16.5. The molecule has 0 aromatic heterocycles. The number of hydrogen-bond acceptors (Lipinski definition) is 4. The van der Waals surface area contributed by atoms with Crippen molar-refractivity contribution in [3.63, 3.8) is 0 Å². The molecule has 0 saturated heterocycles. The first-order valence-corrected chi connectivity index (χ1v) is 11.6. The maximum atomic E-state index is 13.8. The van der Waals surface area contributed by atoms with Gasteiger partial charge in [-0.3, -0.25) is 9.59 Å². The molecule has 4 nitrogen and oxygen atoms in total. The number of halogens is 1. The zero-order chi connectivity index (χ0) is 19.5. The van der Waals surface area contributed by atoms with Crippen molar-refractivity contribution in [2.45, 2.75) is 33.0 Å². The van der Waals surface area contributed by atoms with Crippen molar-refractivity contribution in [1.29, 1.82) is 0 Å². The molecule has 0 radical (unpaired) electrons. The van der Waals surface area contributed by atoms with E-state index in [2.05, 4.69) is 31.1 Å². The van der Waals surface area contributed by atoms with Crippen molar-refractivity contribution < 1.29 is 23.5 Å². The van der Waals surface area contributed by atoms with E-state index in [-0.39, 0.29) is 12.2 Å². The van der Waals surface area contributed by atoms with Gasteiger partial charge < -0.3 is 9.47 Å². The van der Waals surface area contributed by atoms with Gasteiger partial charge in [0, 0.05) is 12.3 Å². The Morgan fingerprint density at radius 2 is 1.88 bits per heavy atom. The summed E-state index contributed by atoms with van der Waals surface area (Å²) in [6.45, 7) is 7.50. The SMILES string of the molecule is COC(=O)Cc1cc2ccc(F)cc2c(OC(C)=O)c1C#C[Si](C)(C)C. The summed E-state index contributed by atoms with van der Waals surface area (Å²) in [5.74, 6) is 1.83. The van der Waals surface area contributed by atoms with Crippen LogP contribution in [0.5, 0.6) is 5.75 Å². The van der Waals surface area contributed by atoms with Gasteiger partial charge in [0.2, 0.25) is 0 Å². The van der Waals surface area contributed by atoms with Crippen molar-refractivity contribution in [2.24, 2.45) is 0 Å². The van der Waals surface area contributed by atoms with E-state index in [1.807, 2.05) is 0 Å². The topological polar surface area (TPSA) is 52.6 Å². The molecule has 2 aromatic rings. The molecule has 6 heteroatoms. The number of esters is 2. The third-order valence-corrected chi connectivity index (χ3v) is 4.38. The summed E-state index contributed by atoms with van der Waals surface area (Å²) in [4.78, 5) is 23.5. The van der Waals surface area contributed by atoms with Crippen LogP contribution in [0.4, 0.5) is 4.39 Å². The minimum Gasteiger partial charge on any atom is -0.469 e. The Bertz CT molecular complexity index is 933. The van der Waals surface area contributed by atoms with Gasteiger partial charge in [-0.1, -0.05) is 31.6 Å². The van der Waals surface area contributed by atoms with Crippen LogP contribution < -0.4 is 4.74 Å². The predicted molar refractivity (Wildman–Crippen MR) is 101 cm³/mol. The number of methoxy groups -OCH3 is 1. The third-order valence-electron chi connectivity index (χ3n) is 3.51. The van der Waals surface area contributed by atoms with E-state index in [9.17, 15) is 14.0 Å². The number of hydrogen-bond donors (Lipinski definition) is 0. The molecule has 136 valence electrons. The Hall–Kier alpha value is -2.65. The van der Waals surface area contributed by atoms with Gasteiger partial charge in [0.25, 0.3) is 0 Å². The molecule has 0 fully saturated rings. The number of fused-ring (bicyclic) bond motifs is 1. The lowest BCUT2D eigenvalue weighted by atomic mass is 9.97. The molecule has 0 N–H and O–H groups in total. The fraction of sp³-hybridized carbons (Fsp3) is 0.300. The van der Waals surface area contributed by atoms with Crippen molar-refractivity contribution in [2.75, 3.05) is 7.11 Å². The minimum atomic E-state index is -1.74. The summed E-state index contributed by atoms with van der Waals surface area (Å²) >= 11 is 0. The Morgan fingerprint density at radius 3 is 2.46 bits per heavy atom. The summed E-state index contributed by atoms with van der Waals surface area (Å²) in [5.41, 5.74) is 4.22. The summed E-state index contributed by atoms with van der Waals surface area (Å²) in [6.07, 6.45) is -0.0200. The third kappa shape index (κ3) is 4.93. The van der Waals surface area contributed by atoms with Gasteiger partial charge >= 0.3 is 11.9 Å². The summed E-state index contributed by atoms with van der Waals surface area (Å²) in [5, 5.41) is 1.09. The van der Waals surface area contributed by atoms with Crippen LogP contribution in [0.2, 0.25) is 19.6 Å². The smallest absolute Gasteiger partial charge is 0.310 e. The van der Waals surface area contributed by atoms with Gasteiger partial charge in [0.1, 0.15) is 13.9 Å². The molecule has 26 heavy (non-hydrogen) atoms. The second-order valence-electron chi connectivity index (χ2n) is 6.95. The lowest BCUT2D eigenvalue weighted by molar-refractivity contribution is -0.139. The minimum absolute atomic E-state index is 0.0200. The molecule has 0 spiro atoms. The van der Waals surface area contributed by atoms with Crippen LogP contribution in [0.25, 0.3) is 10.8 Å². The highest BCUT2D eigenvalue weighted by atomic mass is 28.3. The summed E-state index contributed by atoms with van der Waals surface area (Å²) in [6, 6.07) is 5.95. The lowest BCUT2D eigenvalue weighted by Crippen LogP contribution is -2.17. The Balaban J connectivity index is 2.84. The number of ether oxygens (including phenoxy) is 2. The molecule has 0 unspecified atom stereocenters. The average molecular weight is 372 g/mol. The largest absolute Gasteiger partial charge is 0.469 e. The van der Waals surface area contributed by atoms with Crippen LogP contribution in [0, 0.1) is 17.3 Å². The van der Waals surface area contributed by atoms with Crippen LogP contribution in [0.1, 0.15) is 18.1 Å². The monoisotopic (exact) mass is 372 g/mol. The van der Waals surface area contributed by atoms with Crippen molar-refractivity contribution in [3.8, 4) is 17.2 Å². The molecule has 0 saturated carbocycles. The van der Waals surface area contributed by atoms with Crippen LogP contribution >= 0.6 is 0 Å². The Kier molecular flexibility index (Phi) is 5.83. The fourth-order valence-corrected chi connectivity index (χ4v) is 2.90. The first-order chi connectivity index (χ1) is 12.1. The van der Waals surface area contributed by atoms with Gasteiger partial charge in [0.15, 0.2) is 5.75 Å². The van der Waals surface area contributed by atoms with E-state index in [0.717, 1.165) is 0 Å². The maximum Gasteiger partial charge on any atom is 0.310 e. The second-order valence-corrected chi connectivity index (χ2v) is 11.7. The van der Waals surface area contributed by atoms with Crippen molar-refractivity contribution >= 4 is 30.8 Å². The molecule has 2 aromatic carbocycles. The molecule has 0 amide bonds. The maximum absolute atomic E-state index is 13.8. The molecular weight excluding hydrogens is 351 g/mol. The van der Waals surface area contributed by atoms with Crippen LogP contribution in [-0.4, -0.2) is 27.1 Å². The number of benzene rings is 2. The van der Waals surface area contributed by atoms with Crippen molar-refractivity contribution in [1.82, 2.24) is 0 Å². The zero-order valence-electron chi connectivity index (χ0n) is 15.5. The van der Waals surface area contributed by atoms with E-state index < -0.39 is 25.8 Å². The molecule has 0 aliphatic rings. The van der Waals surface area contributed by atoms with E-state index >= 15 is 0 Å². The average Bonchev–Trinajstić information content (AvgIpc) is 2.53. The van der Waals surface area contributed by atoms with E-state index in [0.29, 0.717) is 21.9 Å². The summed E-state index contributed by atoms with van der Waals surface area (Å²) < 4.78 is 23.9. The predicted octanol–water partition coefficient (Wildman–Crippen LogP) is 3.85. The van der Waals surface area contributed by atoms with E-state index in [4.69, 9.17) is 9.47 Å². The quantitative estimate of drug-likeness (QED) is 0.355. The van der Waals surface area contributed by atoms with E-state index in [1.54, 1.807) is 12.1 Å². The van der Waals surface area contributed by atoms with Crippen molar-refractivity contribution in [3.05, 3.63) is 41.2 Å². The number of carbonyl (C=O) groups excluding carboxylic acids is 2. The van der Waals surface area contributed by atoms with Gasteiger partial charge in [-0.15, -0.1) is 5.54 Å². The number of rotatable bonds is 3. The molecule has 0 heterocycles. The van der Waals surface area contributed by atoms with Crippen LogP contribution in [0.3, 0.4) is 0 Å². The lowest BCUT2D eigenvalue weighted by Gasteiger charge is -2.14. The first-order valence-electron chi connectivity index (χ1n) is 8.14. The Labute approximate surface area is 153 Å². The molecule has 2 rings (SSSR count). The normalized spacial score (nSPS) is 10.8. The molecule has 0 aliphatic carbocycles. The fourth-order valence-electron chi connectivity index (χ4n) is 2.40. The highest BCUT2D eigenvalue weighted by Gasteiger charge is 2.19. The highest BCUT2D eigenvalue weighted by Crippen LogP contribution is 2.34. The second kappa shape index (κ2) is 7.71. The molecular formula is C20H21FO4Si. The van der Waals surface area contributed by atoms with Gasteiger partial charge in [-0.05, 0) is 29.1 Å². The molecule has 0 bridgehead atoms. The van der Waals surface area contributed by atoms with Gasteiger partial charge in [-0.25, -0.2) is 4.39 Å². The van der Waals surface area contributed by atoms with Crippen LogP contribution in [-0.2, 0) is 20.7 Å². The molecule has 0 atom stereocenters. The first kappa shape index (κ1) is 19.7. The van der Waals surface area contributed by atoms with E-state index in [1.165, 1.54) is 26.2 Å². The van der Waals surface area contributed by atoms with Crippen LogP contribution in [0.15, 0.2) is 24.3 Å². The number of carbonyl (C=O) groups is 2. The van der Waals surface area contributed by atoms with Gasteiger partial charge in [-0.2, -0.15) is 0 Å².